The van der Waals surface area contributed by atoms with E-state index in [4.69, 9.17) is 18.9 Å². The van der Waals surface area contributed by atoms with E-state index in [1.807, 2.05) is 0 Å². The number of anilines is 1. The van der Waals surface area contributed by atoms with Crippen molar-refractivity contribution in [2.75, 3.05) is 12.4 Å². The first-order chi connectivity index (χ1) is 29.2. The van der Waals surface area contributed by atoms with Crippen LogP contribution in [0.25, 0.3) is 10.8 Å². The Kier molecular flexibility index (Phi) is 12.9. The lowest BCUT2D eigenvalue weighted by molar-refractivity contribution is -0.160. The van der Waals surface area contributed by atoms with E-state index in [2.05, 4.69) is 10.4 Å². The molecule has 4 heterocycles. The van der Waals surface area contributed by atoms with E-state index >= 15 is 0 Å². The molecule has 9 atom stereocenters. The number of hydrazone groups is 1. The van der Waals surface area contributed by atoms with Gasteiger partial charge in [-0.1, -0.05) is 64.1 Å². The summed E-state index contributed by atoms with van der Waals surface area (Å²) in [5, 5.41) is 65.9. The number of amides is 2. The fourth-order valence-electron chi connectivity index (χ4n) is 8.33. The number of ketones is 1. The molecule has 62 heavy (non-hydrogen) atoms. The second kappa shape index (κ2) is 17.6. The van der Waals surface area contributed by atoms with Gasteiger partial charge in [0.2, 0.25) is 0 Å². The zero-order valence-corrected chi connectivity index (χ0v) is 36.0. The maximum absolute atomic E-state index is 14.5. The molecule has 0 saturated heterocycles. The number of rotatable bonds is 4. The Morgan fingerprint density at radius 3 is 2.31 bits per heavy atom. The summed E-state index contributed by atoms with van der Waals surface area (Å²) in [6, 6.07) is 6.89. The number of allylic oxidation sites excluding steroid dienone is 2. The van der Waals surface area contributed by atoms with E-state index in [-0.39, 0.29) is 45.3 Å². The van der Waals surface area contributed by atoms with Crippen LogP contribution in [-0.4, -0.2) is 97.6 Å². The van der Waals surface area contributed by atoms with Crippen LogP contribution in [0.15, 0.2) is 65.5 Å². The molecular weight excluding hydrogens is 803 g/mol. The Balaban J connectivity index is 1.53. The number of ether oxygens (including phenoxy) is 4. The van der Waals surface area contributed by atoms with Crippen molar-refractivity contribution in [2.45, 2.75) is 92.1 Å². The summed E-state index contributed by atoms with van der Waals surface area (Å²) in [5.41, 5.74) is 0.268. The summed E-state index contributed by atoms with van der Waals surface area (Å²) >= 11 is 0. The number of nitrogens with zero attached hydrogens (tertiary/aromatic N) is 2. The van der Waals surface area contributed by atoms with Crippen LogP contribution in [0.1, 0.15) is 85.9 Å². The van der Waals surface area contributed by atoms with Crippen molar-refractivity contribution < 1.29 is 63.7 Å². The Labute approximate surface area is 358 Å². The Bertz CT molecular complexity index is 2440. The molecule has 0 aliphatic carbocycles. The number of benzene rings is 3. The lowest BCUT2D eigenvalue weighted by Crippen LogP contribution is -2.46. The Morgan fingerprint density at radius 1 is 0.952 bits per heavy atom. The van der Waals surface area contributed by atoms with Gasteiger partial charge in [0.05, 0.1) is 59.5 Å². The molecule has 3 aromatic carbocycles. The lowest BCUT2D eigenvalue weighted by atomic mass is 9.78. The van der Waals surface area contributed by atoms with Crippen molar-refractivity contribution in [1.82, 2.24) is 5.01 Å². The number of hydrogen-bond donors (Lipinski definition) is 6. The highest BCUT2D eigenvalue weighted by atomic mass is 16.7. The molecule has 16 nitrogen and oxygen atoms in total. The molecule has 3 aromatic rings. The van der Waals surface area contributed by atoms with Gasteiger partial charge in [0.25, 0.3) is 17.6 Å². The summed E-state index contributed by atoms with van der Waals surface area (Å²) in [5.74, 6) is -9.48. The molecule has 9 unspecified atom stereocenters. The highest BCUT2D eigenvalue weighted by Gasteiger charge is 2.50. The minimum Gasteiger partial charge on any atom is -0.507 e. The molecule has 5 bridgehead atoms. The number of carbonyl (C=O) groups excluding carboxylic acids is 4. The van der Waals surface area contributed by atoms with Crippen LogP contribution in [0.3, 0.4) is 0 Å². The van der Waals surface area contributed by atoms with E-state index in [0.717, 1.165) is 11.2 Å². The zero-order valence-electron chi connectivity index (χ0n) is 36.0. The Hall–Kier alpha value is -6.23. The largest absolute Gasteiger partial charge is 0.507 e. The fourth-order valence-corrected chi connectivity index (χ4v) is 8.33. The summed E-state index contributed by atoms with van der Waals surface area (Å²) in [4.78, 5) is 53.9. The van der Waals surface area contributed by atoms with Crippen molar-refractivity contribution in [3.8, 4) is 23.0 Å². The molecule has 6 N–H and O–H groups in total. The molecule has 4 aliphatic rings. The van der Waals surface area contributed by atoms with Gasteiger partial charge in [0.15, 0.2) is 5.75 Å². The van der Waals surface area contributed by atoms with Crippen LogP contribution in [0, 0.1) is 30.6 Å². The first-order valence-electron chi connectivity index (χ1n) is 20.3. The van der Waals surface area contributed by atoms with Crippen molar-refractivity contribution in [3.63, 3.8) is 0 Å². The van der Waals surface area contributed by atoms with Gasteiger partial charge in [0.1, 0.15) is 23.4 Å². The third-order valence-electron chi connectivity index (χ3n) is 12.2. The molecule has 0 fully saturated rings. The first kappa shape index (κ1) is 45.3. The van der Waals surface area contributed by atoms with Crippen LogP contribution in [0.2, 0.25) is 0 Å². The van der Waals surface area contributed by atoms with E-state index in [1.54, 1.807) is 64.1 Å². The average Bonchev–Trinajstić information content (AvgIpc) is 3.70. The minimum atomic E-state index is -2.10. The lowest BCUT2D eigenvalue weighted by Gasteiger charge is -2.38. The SMILES string of the molecule is COC1/C=C/OC2(C)Oc3c(C)c(O)c4c(O)c(c(/C=N/N5Cc6ccccc6C5=O)c(O)c4c3C2=O)NC(=O)/C(C)=C\C=C\C(C)C(O)C(C)C(O)C(C)C(OC(C)=O)C1C. The number of carbonyl (C=O) groups is 4. The molecule has 2 amide bonds. The molecule has 4 aliphatic heterocycles. The predicted octanol–water partition coefficient (Wildman–Crippen LogP) is 5.74. The number of methoxy groups -OCH3 is 1. The standard InChI is InChI=1S/C46H53N3O13/c1-21-13-12-14-22(2)44(57)48-35-30(19-47-49-20-28-15-10-11-16-29(28)45(49)58)39(54)32-33(40(35)55)38(53)26(6)42-34(32)43(56)46(8,62-42)60-18-17-31(59-9)23(3)41(61-27(7)50)25(5)37(52)24(4)36(21)51/h10-19,21,23-25,31,36-37,41,51-55H,20H2,1-9H3,(H,48,57)/b13-12+,18-17+,22-14-,47-19+. The molecule has 16 heteroatoms. The van der Waals surface area contributed by atoms with Gasteiger partial charge in [-0.3, -0.25) is 19.2 Å². The molecule has 0 saturated carbocycles. The molecular formula is C46H53N3O13. The number of phenolic OH excluding ortho intramolecular Hbond substituents is 3. The van der Waals surface area contributed by atoms with Crippen LogP contribution >= 0.6 is 0 Å². The van der Waals surface area contributed by atoms with Crippen LogP contribution in [0.5, 0.6) is 23.0 Å². The molecule has 0 radical (unpaired) electrons. The fraction of sp³-hybridized carbons (Fsp3) is 0.413. The number of nitrogens with one attached hydrogen (secondary N) is 1. The number of aromatic hydroxyl groups is 3. The number of aliphatic hydroxyl groups is 2. The van der Waals surface area contributed by atoms with Crippen molar-refractivity contribution in [2.24, 2.45) is 28.8 Å². The van der Waals surface area contributed by atoms with Gasteiger partial charge in [-0.05, 0) is 31.6 Å². The predicted molar refractivity (Wildman–Crippen MR) is 228 cm³/mol. The summed E-state index contributed by atoms with van der Waals surface area (Å²) in [6.07, 6.45) is 4.34. The van der Waals surface area contributed by atoms with Crippen LogP contribution in [-0.2, 0) is 30.3 Å². The topological polar surface area (TPSA) is 234 Å². The number of esters is 1. The highest BCUT2D eigenvalue weighted by Crippen LogP contribution is 2.55. The van der Waals surface area contributed by atoms with Crippen LogP contribution in [0.4, 0.5) is 5.69 Å². The number of aliphatic hydroxyl groups excluding tert-OH is 2. The summed E-state index contributed by atoms with van der Waals surface area (Å²) < 4.78 is 23.6. The monoisotopic (exact) mass is 855 g/mol. The number of phenols is 3. The van der Waals surface area contributed by atoms with Gasteiger partial charge in [-0.25, -0.2) is 5.01 Å². The first-order valence-corrected chi connectivity index (χ1v) is 20.3. The van der Waals surface area contributed by atoms with Gasteiger partial charge in [-0.15, -0.1) is 0 Å². The molecule has 0 aromatic heterocycles. The van der Waals surface area contributed by atoms with Gasteiger partial charge in [0, 0.05) is 66.7 Å². The highest BCUT2D eigenvalue weighted by molar-refractivity contribution is 6.24. The number of hydrogen-bond acceptors (Lipinski definition) is 14. The van der Waals surface area contributed by atoms with Crippen molar-refractivity contribution >= 4 is 46.2 Å². The van der Waals surface area contributed by atoms with Crippen molar-refractivity contribution in [3.05, 3.63) is 88.2 Å². The third kappa shape index (κ3) is 8.12. The average molecular weight is 856 g/mol. The van der Waals surface area contributed by atoms with Gasteiger partial charge in [-0.2, -0.15) is 5.10 Å². The molecule has 330 valence electrons. The van der Waals surface area contributed by atoms with Gasteiger partial charge >= 0.3 is 11.8 Å². The number of Topliss-reactive ketones (excluding diaryl/α,β-unsaturated/α-hetero) is 1. The maximum Gasteiger partial charge on any atom is 0.312 e. The normalized spacial score (nSPS) is 30.1. The second-order valence-electron chi connectivity index (χ2n) is 16.4. The zero-order chi connectivity index (χ0) is 45.5. The molecule has 0 spiro atoms. The van der Waals surface area contributed by atoms with E-state index in [1.165, 1.54) is 53.2 Å². The summed E-state index contributed by atoms with van der Waals surface area (Å²) in [6.45, 7) is 12.4. The Morgan fingerprint density at radius 2 is 1.65 bits per heavy atom. The number of fused-ring (bicyclic) bond motifs is 15. The van der Waals surface area contributed by atoms with E-state index in [9.17, 15) is 44.7 Å². The molecule has 7 rings (SSSR count). The van der Waals surface area contributed by atoms with Crippen molar-refractivity contribution in [1.29, 1.82) is 0 Å². The van der Waals surface area contributed by atoms with Crippen LogP contribution < -0.4 is 10.1 Å². The third-order valence-corrected chi connectivity index (χ3v) is 12.2. The van der Waals surface area contributed by atoms with E-state index < -0.39 is 100 Å². The maximum atomic E-state index is 14.5. The smallest absolute Gasteiger partial charge is 0.312 e. The quantitative estimate of drug-likeness (QED) is 0.0796. The second-order valence-corrected chi connectivity index (χ2v) is 16.4. The summed E-state index contributed by atoms with van der Waals surface area (Å²) in [7, 11) is 1.42. The van der Waals surface area contributed by atoms with Gasteiger partial charge < -0.3 is 49.8 Å². The minimum absolute atomic E-state index is 0.00315. The van der Waals surface area contributed by atoms with E-state index in [0.29, 0.717) is 11.1 Å².